The molecule has 3 rings (SSSR count). The summed E-state index contributed by atoms with van der Waals surface area (Å²) >= 11 is 6.64. The summed E-state index contributed by atoms with van der Waals surface area (Å²) in [5.74, 6) is 0.558. The maximum Gasteiger partial charge on any atom is 0.303 e. The van der Waals surface area contributed by atoms with Crippen LogP contribution in [0.2, 0.25) is 0 Å². The number of aliphatic carboxylic acids is 1. The molecule has 2 fully saturated rings. The monoisotopic (exact) mass is 418 g/mol. The van der Waals surface area contributed by atoms with Gasteiger partial charge in [0.25, 0.3) is 0 Å². The van der Waals surface area contributed by atoms with E-state index in [-0.39, 0.29) is 17.9 Å². The number of aliphatic hydroxyl groups excluding tert-OH is 1. The third kappa shape index (κ3) is 6.33. The Morgan fingerprint density at radius 3 is 2.48 bits per heavy atom. The first-order valence-electron chi connectivity index (χ1n) is 11.3. The molecule has 29 heavy (non-hydrogen) atoms. The zero-order chi connectivity index (χ0) is 20.6. The molecular weight excluding hydrogens is 384 g/mol. The number of carboxylic acids is 1. The summed E-state index contributed by atoms with van der Waals surface area (Å²) in [5.41, 5.74) is 2.38. The van der Waals surface area contributed by atoms with Crippen LogP contribution in [0.25, 0.3) is 0 Å². The van der Waals surface area contributed by atoms with Crippen LogP contribution < -0.4 is 0 Å². The van der Waals surface area contributed by atoms with Gasteiger partial charge in [-0.1, -0.05) is 55.7 Å². The van der Waals surface area contributed by atoms with Gasteiger partial charge in [0.15, 0.2) is 0 Å². The Morgan fingerprint density at radius 2 is 1.79 bits per heavy atom. The molecule has 4 atom stereocenters. The van der Waals surface area contributed by atoms with Gasteiger partial charge in [-0.25, -0.2) is 0 Å². The summed E-state index contributed by atoms with van der Waals surface area (Å²) in [4.78, 5) is 10.6. The lowest BCUT2D eigenvalue weighted by Gasteiger charge is -2.27. The standard InChI is InChI=1S/C25H35ClO3/c26-23-17-16-21(22(23)10-6-1-2-7-11-24(27)28)18-12-14-20(15-13-18)25(29)19-8-4-3-5-9-19/h1,6,12-15,19,21-23,25,29H,2-5,7-11,16-17H2,(H,27,28)/b6-1-/t21-,22-,23-,25?/m1/s1. The predicted molar refractivity (Wildman–Crippen MR) is 118 cm³/mol. The van der Waals surface area contributed by atoms with Crippen molar-refractivity contribution >= 4 is 17.6 Å². The van der Waals surface area contributed by atoms with Crippen molar-refractivity contribution in [3.63, 3.8) is 0 Å². The molecule has 4 heteroatoms. The van der Waals surface area contributed by atoms with Crippen molar-refractivity contribution < 1.29 is 15.0 Å². The average molecular weight is 419 g/mol. The van der Waals surface area contributed by atoms with Gasteiger partial charge in [-0.2, -0.15) is 0 Å². The van der Waals surface area contributed by atoms with E-state index >= 15 is 0 Å². The highest BCUT2D eigenvalue weighted by atomic mass is 35.5. The van der Waals surface area contributed by atoms with Gasteiger partial charge in [-0.05, 0) is 73.8 Å². The van der Waals surface area contributed by atoms with Crippen molar-refractivity contribution in [3.05, 3.63) is 47.5 Å². The van der Waals surface area contributed by atoms with Gasteiger partial charge in [0, 0.05) is 11.8 Å². The second-order valence-electron chi connectivity index (χ2n) is 8.87. The Hall–Kier alpha value is -1.32. The van der Waals surface area contributed by atoms with Gasteiger partial charge in [0.2, 0.25) is 0 Å². The zero-order valence-corrected chi connectivity index (χ0v) is 18.1. The Labute approximate surface area is 180 Å². The molecule has 2 N–H and O–H groups in total. The second-order valence-corrected chi connectivity index (χ2v) is 9.43. The number of benzene rings is 1. The zero-order valence-electron chi connectivity index (χ0n) is 17.3. The van der Waals surface area contributed by atoms with Crippen molar-refractivity contribution in [2.75, 3.05) is 0 Å². The van der Waals surface area contributed by atoms with Gasteiger partial charge in [0.05, 0.1) is 6.10 Å². The number of allylic oxidation sites excluding steroid dienone is 2. The van der Waals surface area contributed by atoms with E-state index in [4.69, 9.17) is 16.7 Å². The lowest BCUT2D eigenvalue weighted by Crippen LogP contribution is -2.16. The first-order valence-corrected chi connectivity index (χ1v) is 11.8. The number of rotatable bonds is 9. The average Bonchev–Trinajstić information content (AvgIpc) is 3.11. The third-order valence-electron chi connectivity index (χ3n) is 6.87. The molecular formula is C25H35ClO3. The number of unbranched alkanes of at least 4 members (excludes halogenated alkanes) is 1. The van der Waals surface area contributed by atoms with Gasteiger partial charge in [0.1, 0.15) is 0 Å². The molecule has 2 saturated carbocycles. The van der Waals surface area contributed by atoms with Crippen LogP contribution in [0.4, 0.5) is 0 Å². The highest BCUT2D eigenvalue weighted by Crippen LogP contribution is 2.45. The number of halogens is 1. The number of carboxylic acid groups (broad SMARTS) is 1. The van der Waals surface area contributed by atoms with E-state index in [1.165, 1.54) is 24.8 Å². The molecule has 1 aromatic rings. The topological polar surface area (TPSA) is 57.5 Å². The summed E-state index contributed by atoms with van der Waals surface area (Å²) in [5, 5.41) is 19.6. The Balaban J connectivity index is 1.56. The maximum atomic E-state index is 10.7. The van der Waals surface area contributed by atoms with E-state index in [1.807, 2.05) is 0 Å². The second kappa shape index (κ2) is 11.2. The minimum Gasteiger partial charge on any atom is -0.481 e. The molecule has 2 aliphatic rings. The van der Waals surface area contributed by atoms with Crippen LogP contribution >= 0.6 is 11.6 Å². The van der Waals surface area contributed by atoms with Gasteiger partial charge < -0.3 is 10.2 Å². The molecule has 0 spiro atoms. The summed E-state index contributed by atoms with van der Waals surface area (Å²) in [6.07, 6.45) is 14.8. The highest BCUT2D eigenvalue weighted by molar-refractivity contribution is 6.21. The Morgan fingerprint density at radius 1 is 1.07 bits per heavy atom. The molecule has 1 aromatic carbocycles. The van der Waals surface area contributed by atoms with Crippen molar-refractivity contribution in [3.8, 4) is 0 Å². The number of hydrogen-bond acceptors (Lipinski definition) is 2. The molecule has 160 valence electrons. The third-order valence-corrected chi connectivity index (χ3v) is 7.42. The van der Waals surface area contributed by atoms with Gasteiger partial charge >= 0.3 is 5.97 Å². The van der Waals surface area contributed by atoms with E-state index in [1.54, 1.807) is 0 Å². The number of alkyl halides is 1. The van der Waals surface area contributed by atoms with E-state index in [0.29, 0.717) is 24.2 Å². The molecule has 0 saturated heterocycles. The fraction of sp³-hybridized carbons (Fsp3) is 0.640. The quantitative estimate of drug-likeness (QED) is 0.269. The van der Waals surface area contributed by atoms with Crippen molar-refractivity contribution in [2.45, 2.75) is 88.0 Å². The van der Waals surface area contributed by atoms with Crippen LogP contribution in [0.5, 0.6) is 0 Å². The number of hydrogen-bond donors (Lipinski definition) is 2. The van der Waals surface area contributed by atoms with Crippen LogP contribution in [0.1, 0.15) is 93.8 Å². The fourth-order valence-corrected chi connectivity index (χ4v) is 5.55. The van der Waals surface area contributed by atoms with Crippen molar-refractivity contribution in [2.24, 2.45) is 11.8 Å². The molecule has 2 aliphatic carbocycles. The fourth-order valence-electron chi connectivity index (χ4n) is 5.15. The van der Waals surface area contributed by atoms with Gasteiger partial charge in [-0.15, -0.1) is 11.6 Å². The predicted octanol–water partition coefficient (Wildman–Crippen LogP) is 6.60. The van der Waals surface area contributed by atoms with Crippen LogP contribution in [0.3, 0.4) is 0 Å². The van der Waals surface area contributed by atoms with E-state index < -0.39 is 5.97 Å². The Bertz CT molecular complexity index is 663. The summed E-state index contributed by atoms with van der Waals surface area (Å²) in [7, 11) is 0. The normalized spacial score (nSPS) is 26.8. The van der Waals surface area contributed by atoms with Crippen molar-refractivity contribution in [1.29, 1.82) is 0 Å². The molecule has 0 heterocycles. The van der Waals surface area contributed by atoms with E-state index in [2.05, 4.69) is 36.4 Å². The molecule has 0 radical (unpaired) electrons. The van der Waals surface area contributed by atoms with E-state index in [9.17, 15) is 9.90 Å². The first kappa shape index (κ1) is 22.4. The van der Waals surface area contributed by atoms with Crippen LogP contribution in [-0.2, 0) is 4.79 Å². The summed E-state index contributed by atoms with van der Waals surface area (Å²) < 4.78 is 0. The molecule has 0 amide bonds. The molecule has 1 unspecified atom stereocenters. The van der Waals surface area contributed by atoms with E-state index in [0.717, 1.165) is 44.1 Å². The lowest BCUT2D eigenvalue weighted by molar-refractivity contribution is -0.137. The molecule has 0 aliphatic heterocycles. The lowest BCUT2D eigenvalue weighted by atomic mass is 9.81. The molecule has 0 bridgehead atoms. The summed E-state index contributed by atoms with van der Waals surface area (Å²) in [6, 6.07) is 8.64. The largest absolute Gasteiger partial charge is 0.481 e. The van der Waals surface area contributed by atoms with Crippen molar-refractivity contribution in [1.82, 2.24) is 0 Å². The number of aliphatic hydroxyl groups is 1. The molecule has 3 nitrogen and oxygen atoms in total. The SMILES string of the molecule is O=C(O)CCC/C=C\C[C@H]1[C@H](Cl)CC[C@@H]1c1ccc(C(O)C2CCCCC2)cc1. The highest BCUT2D eigenvalue weighted by Gasteiger charge is 2.35. The van der Waals surface area contributed by atoms with Crippen LogP contribution in [-0.4, -0.2) is 21.6 Å². The van der Waals surface area contributed by atoms with Crippen LogP contribution in [0.15, 0.2) is 36.4 Å². The van der Waals surface area contributed by atoms with Crippen LogP contribution in [0, 0.1) is 11.8 Å². The number of carbonyl (C=O) groups is 1. The first-order chi connectivity index (χ1) is 14.1. The summed E-state index contributed by atoms with van der Waals surface area (Å²) in [6.45, 7) is 0. The molecule has 0 aromatic heterocycles. The Kier molecular flexibility index (Phi) is 8.62. The maximum absolute atomic E-state index is 10.7. The minimum absolute atomic E-state index is 0.191. The van der Waals surface area contributed by atoms with Gasteiger partial charge in [-0.3, -0.25) is 4.79 Å². The smallest absolute Gasteiger partial charge is 0.303 e. The minimum atomic E-state index is -0.730.